The number of carbonyl (C=O) groups excluding carboxylic acids is 2. The van der Waals surface area contributed by atoms with Gasteiger partial charge >= 0.3 is 6.18 Å². The number of amides is 2. The van der Waals surface area contributed by atoms with Gasteiger partial charge in [-0.1, -0.05) is 50.0 Å². The van der Waals surface area contributed by atoms with Gasteiger partial charge in [-0.3, -0.25) is 14.6 Å². The highest BCUT2D eigenvalue weighted by Gasteiger charge is 2.34. The second-order valence-corrected chi connectivity index (χ2v) is 11.3. The summed E-state index contributed by atoms with van der Waals surface area (Å²) in [4.78, 5) is 33.3. The van der Waals surface area contributed by atoms with Crippen LogP contribution < -0.4 is 16.0 Å². The summed E-state index contributed by atoms with van der Waals surface area (Å²) in [5.74, 6) is -1.10. The molecule has 4 N–H and O–H groups in total. The highest BCUT2D eigenvalue weighted by atomic mass is 35.5. The van der Waals surface area contributed by atoms with E-state index in [0.717, 1.165) is 12.1 Å². The number of benzene rings is 2. The van der Waals surface area contributed by atoms with Crippen molar-refractivity contribution in [3.8, 4) is 5.75 Å². The lowest BCUT2D eigenvalue weighted by Gasteiger charge is -2.19. The number of halogens is 5. The van der Waals surface area contributed by atoms with Gasteiger partial charge in [-0.05, 0) is 29.8 Å². The molecule has 2 heterocycles. The SMILES string of the molecule is Cn1c(Nc2c(Cl)ccc(CNC(=O)C(C)(C)C)c2Cl)nc2cc(C(=O)NCc3ncccc3C(F)(F)F)c(O)cc21. The topological polar surface area (TPSA) is 121 Å². The number of phenolic OH excluding ortho intramolecular Hbond substituents is 1. The number of aromatic nitrogens is 3. The van der Waals surface area contributed by atoms with E-state index in [0.29, 0.717) is 22.3 Å². The number of anilines is 2. The first kappa shape index (κ1) is 30.9. The van der Waals surface area contributed by atoms with Crippen LogP contribution in [-0.2, 0) is 31.1 Å². The molecule has 0 atom stereocenters. The van der Waals surface area contributed by atoms with Crippen LogP contribution in [0.5, 0.6) is 5.75 Å². The third kappa shape index (κ3) is 6.55. The molecule has 0 saturated carbocycles. The zero-order chi connectivity index (χ0) is 31.0. The normalized spacial score (nSPS) is 11.9. The number of pyridine rings is 1. The van der Waals surface area contributed by atoms with E-state index in [-0.39, 0.29) is 39.7 Å². The molecular formula is C28H27Cl2F3N6O3. The van der Waals surface area contributed by atoms with E-state index in [4.69, 9.17) is 23.2 Å². The van der Waals surface area contributed by atoms with Crippen LogP contribution in [0, 0.1) is 5.41 Å². The highest BCUT2D eigenvalue weighted by molar-refractivity contribution is 6.39. The van der Waals surface area contributed by atoms with Crippen molar-refractivity contribution in [2.45, 2.75) is 40.0 Å². The Labute approximate surface area is 249 Å². The van der Waals surface area contributed by atoms with Crippen molar-refractivity contribution in [3.05, 3.63) is 75.0 Å². The summed E-state index contributed by atoms with van der Waals surface area (Å²) in [7, 11) is 1.66. The van der Waals surface area contributed by atoms with Gasteiger partial charge in [0.25, 0.3) is 5.91 Å². The molecule has 2 aromatic heterocycles. The Hall–Kier alpha value is -4.03. The van der Waals surface area contributed by atoms with E-state index in [2.05, 4.69) is 25.9 Å². The molecule has 2 aromatic carbocycles. The molecule has 0 fully saturated rings. The summed E-state index contributed by atoms with van der Waals surface area (Å²) in [6.07, 6.45) is -3.45. The van der Waals surface area contributed by atoms with Gasteiger partial charge in [0.15, 0.2) is 0 Å². The summed E-state index contributed by atoms with van der Waals surface area (Å²) in [5, 5.41) is 19.4. The predicted molar refractivity (Wildman–Crippen MR) is 154 cm³/mol. The highest BCUT2D eigenvalue weighted by Crippen LogP contribution is 2.37. The van der Waals surface area contributed by atoms with Crippen molar-refractivity contribution in [1.29, 1.82) is 0 Å². The number of aryl methyl sites for hydroxylation is 1. The quantitative estimate of drug-likeness (QED) is 0.191. The van der Waals surface area contributed by atoms with Crippen molar-refractivity contribution in [1.82, 2.24) is 25.2 Å². The van der Waals surface area contributed by atoms with Crippen molar-refractivity contribution in [3.63, 3.8) is 0 Å². The van der Waals surface area contributed by atoms with E-state index in [1.165, 1.54) is 18.3 Å². The van der Waals surface area contributed by atoms with Crippen LogP contribution in [-0.4, -0.2) is 31.5 Å². The number of nitrogens with one attached hydrogen (secondary N) is 3. The van der Waals surface area contributed by atoms with Gasteiger partial charge in [0.2, 0.25) is 11.9 Å². The molecule has 0 aliphatic carbocycles. The zero-order valence-electron chi connectivity index (χ0n) is 23.0. The van der Waals surface area contributed by atoms with E-state index < -0.39 is 35.4 Å². The fraction of sp³-hybridized carbons (Fsp3) is 0.286. The minimum Gasteiger partial charge on any atom is -0.507 e. The molecule has 0 bridgehead atoms. The van der Waals surface area contributed by atoms with Crippen molar-refractivity contribution in [2.24, 2.45) is 12.5 Å². The Morgan fingerprint density at radius 1 is 1.05 bits per heavy atom. The van der Waals surface area contributed by atoms with E-state index in [1.807, 2.05) is 0 Å². The van der Waals surface area contributed by atoms with Crippen LogP contribution in [0.3, 0.4) is 0 Å². The monoisotopic (exact) mass is 622 g/mol. The predicted octanol–water partition coefficient (Wildman–Crippen LogP) is 6.34. The minimum absolute atomic E-state index is 0.154. The summed E-state index contributed by atoms with van der Waals surface area (Å²) in [5.41, 5.74) is -0.423. The molecule has 2 amide bonds. The van der Waals surface area contributed by atoms with Crippen LogP contribution in [0.25, 0.3) is 11.0 Å². The number of nitrogens with zero attached hydrogens (tertiary/aromatic N) is 3. The lowest BCUT2D eigenvalue weighted by molar-refractivity contribution is -0.138. The molecular weight excluding hydrogens is 596 g/mol. The molecule has 0 aliphatic rings. The van der Waals surface area contributed by atoms with Gasteiger partial charge in [0, 0.05) is 31.3 Å². The van der Waals surface area contributed by atoms with Crippen LogP contribution >= 0.6 is 23.2 Å². The Kier molecular flexibility index (Phi) is 8.60. The standard InChI is InChI=1S/C28H27Cl2F3N6O3/c1-27(2,3)25(42)36-12-14-7-8-17(29)23(22(14)30)38-26-37-18-10-15(21(40)11-20(18)39(26)4)24(41)35-13-19-16(28(31,32)33)6-5-9-34-19/h5-11,40H,12-13H2,1-4H3,(H,35,41)(H,36,42)(H,37,38). The summed E-state index contributed by atoms with van der Waals surface area (Å²) in [6.45, 7) is 5.04. The number of hydrogen-bond acceptors (Lipinski definition) is 6. The van der Waals surface area contributed by atoms with Crippen LogP contribution in [0.1, 0.15) is 48.0 Å². The fourth-order valence-corrected chi connectivity index (χ4v) is 4.55. The average molecular weight is 623 g/mol. The first-order chi connectivity index (χ1) is 19.6. The second-order valence-electron chi connectivity index (χ2n) is 10.5. The van der Waals surface area contributed by atoms with Gasteiger partial charge in [-0.15, -0.1) is 0 Å². The number of imidazole rings is 1. The van der Waals surface area contributed by atoms with E-state index in [9.17, 15) is 27.9 Å². The second kappa shape index (κ2) is 11.7. The van der Waals surface area contributed by atoms with Gasteiger partial charge in [-0.2, -0.15) is 13.2 Å². The maximum atomic E-state index is 13.3. The smallest absolute Gasteiger partial charge is 0.418 e. The number of carbonyl (C=O) groups is 2. The van der Waals surface area contributed by atoms with Crippen LogP contribution in [0.4, 0.5) is 24.8 Å². The number of aromatic hydroxyl groups is 1. The summed E-state index contributed by atoms with van der Waals surface area (Å²) >= 11 is 13.0. The average Bonchev–Trinajstić information content (AvgIpc) is 3.21. The van der Waals surface area contributed by atoms with Gasteiger partial charge in [0.1, 0.15) is 5.75 Å². The lowest BCUT2D eigenvalue weighted by Crippen LogP contribution is -2.34. The summed E-state index contributed by atoms with van der Waals surface area (Å²) < 4.78 is 41.4. The molecule has 14 heteroatoms. The molecule has 4 aromatic rings. The third-order valence-electron chi connectivity index (χ3n) is 6.38. The van der Waals surface area contributed by atoms with Crippen molar-refractivity contribution < 1.29 is 27.9 Å². The van der Waals surface area contributed by atoms with Crippen molar-refractivity contribution >= 4 is 57.7 Å². The largest absolute Gasteiger partial charge is 0.507 e. The first-order valence-electron chi connectivity index (χ1n) is 12.6. The Bertz CT molecular complexity index is 1680. The Morgan fingerprint density at radius 2 is 1.76 bits per heavy atom. The fourth-order valence-electron chi connectivity index (χ4n) is 4.02. The molecule has 4 rings (SSSR count). The number of hydrogen-bond donors (Lipinski definition) is 4. The maximum Gasteiger partial charge on any atom is 0.418 e. The lowest BCUT2D eigenvalue weighted by atomic mass is 9.95. The number of alkyl halides is 3. The van der Waals surface area contributed by atoms with Crippen LogP contribution in [0.2, 0.25) is 10.0 Å². The Morgan fingerprint density at radius 3 is 2.43 bits per heavy atom. The number of fused-ring (bicyclic) bond motifs is 1. The third-order valence-corrected chi connectivity index (χ3v) is 7.13. The zero-order valence-corrected chi connectivity index (χ0v) is 24.5. The number of phenols is 1. The van der Waals surface area contributed by atoms with Gasteiger partial charge < -0.3 is 25.6 Å². The molecule has 0 spiro atoms. The first-order valence-corrected chi connectivity index (χ1v) is 13.3. The number of rotatable bonds is 7. The Balaban J connectivity index is 1.58. The summed E-state index contributed by atoms with van der Waals surface area (Å²) in [6, 6.07) is 7.97. The molecule has 0 aliphatic heterocycles. The molecule has 9 nitrogen and oxygen atoms in total. The molecule has 42 heavy (non-hydrogen) atoms. The van der Waals surface area contributed by atoms with Crippen LogP contribution in [0.15, 0.2) is 42.6 Å². The maximum absolute atomic E-state index is 13.3. The molecule has 222 valence electrons. The minimum atomic E-state index is -4.64. The van der Waals surface area contributed by atoms with Crippen molar-refractivity contribution in [2.75, 3.05) is 5.32 Å². The molecule has 0 radical (unpaired) electrons. The van der Waals surface area contributed by atoms with E-state index in [1.54, 1.807) is 44.5 Å². The van der Waals surface area contributed by atoms with Gasteiger partial charge in [-0.25, -0.2) is 4.98 Å². The van der Waals surface area contributed by atoms with E-state index >= 15 is 0 Å². The van der Waals surface area contributed by atoms with Gasteiger partial charge in [0.05, 0.1) is 50.1 Å². The molecule has 0 saturated heterocycles. The molecule has 0 unspecified atom stereocenters.